The first kappa shape index (κ1) is 12.0. The van der Waals surface area contributed by atoms with Gasteiger partial charge in [-0.2, -0.15) is 0 Å². The number of carbonyl (C=O) groups is 1. The van der Waals surface area contributed by atoms with Crippen LogP contribution in [0.15, 0.2) is 27.4 Å². The molecule has 1 fully saturated rings. The lowest BCUT2D eigenvalue weighted by Gasteiger charge is -2.38. The Balaban J connectivity index is 1.92. The molecule has 0 radical (unpaired) electrons. The number of carbonyl (C=O) groups excluding carboxylic acids is 1. The van der Waals surface area contributed by atoms with E-state index in [1.165, 1.54) is 7.11 Å². The fourth-order valence-electron chi connectivity index (χ4n) is 2.35. The third kappa shape index (κ3) is 1.94. The van der Waals surface area contributed by atoms with Gasteiger partial charge in [-0.3, -0.25) is 9.78 Å². The highest BCUT2D eigenvalue weighted by atomic mass is 16.5. The normalized spacial score (nSPS) is 17.1. The van der Waals surface area contributed by atoms with E-state index in [1.54, 1.807) is 12.1 Å². The molecule has 1 saturated heterocycles. The molecule has 0 unspecified atom stereocenters. The Bertz CT molecular complexity index is 680. The number of rotatable bonds is 3. The number of aromatic nitrogens is 1. The number of hydrogen-bond donors (Lipinski definition) is 1. The minimum absolute atomic E-state index is 0.269. The average Bonchev–Trinajstić information content (AvgIpc) is 2.72. The van der Waals surface area contributed by atoms with Crippen molar-refractivity contribution >= 4 is 17.1 Å². The Kier molecular flexibility index (Phi) is 2.67. The Labute approximate surface area is 108 Å². The summed E-state index contributed by atoms with van der Waals surface area (Å²) in [6.45, 7) is 0.712. The molecule has 3 rings (SSSR count). The number of H-pyrrole nitrogens is 1. The van der Waals surface area contributed by atoms with E-state index < -0.39 is 11.2 Å². The van der Waals surface area contributed by atoms with Crippen LogP contribution < -0.4 is 5.76 Å². The molecule has 2 aromatic rings. The zero-order valence-electron chi connectivity index (χ0n) is 10.4. The van der Waals surface area contributed by atoms with Gasteiger partial charge in [0.25, 0.3) is 0 Å². The van der Waals surface area contributed by atoms with Crippen LogP contribution in [0.2, 0.25) is 0 Å². The molecule has 6 heteroatoms. The zero-order valence-corrected chi connectivity index (χ0v) is 10.4. The lowest BCUT2D eigenvalue weighted by Crippen LogP contribution is -2.51. The van der Waals surface area contributed by atoms with E-state index in [4.69, 9.17) is 13.9 Å². The van der Waals surface area contributed by atoms with Gasteiger partial charge in [-0.25, -0.2) is 4.79 Å². The molecule has 0 saturated carbocycles. The van der Waals surface area contributed by atoms with Crippen molar-refractivity contribution in [3.05, 3.63) is 34.3 Å². The van der Waals surface area contributed by atoms with Gasteiger partial charge in [0.05, 0.1) is 25.8 Å². The number of ether oxygens (including phenoxy) is 2. The number of esters is 1. The summed E-state index contributed by atoms with van der Waals surface area (Å²) in [5, 5.41) is 0. The van der Waals surface area contributed by atoms with E-state index >= 15 is 0 Å². The Morgan fingerprint density at radius 3 is 2.89 bits per heavy atom. The number of fused-ring (bicyclic) bond motifs is 1. The van der Waals surface area contributed by atoms with Gasteiger partial charge in [0.1, 0.15) is 5.41 Å². The predicted molar refractivity (Wildman–Crippen MR) is 65.8 cm³/mol. The molecule has 2 heterocycles. The molecule has 0 amide bonds. The van der Waals surface area contributed by atoms with Gasteiger partial charge in [0.2, 0.25) is 0 Å². The van der Waals surface area contributed by atoms with Gasteiger partial charge in [-0.15, -0.1) is 0 Å². The summed E-state index contributed by atoms with van der Waals surface area (Å²) in [6, 6.07) is 5.38. The van der Waals surface area contributed by atoms with E-state index in [9.17, 15) is 9.59 Å². The van der Waals surface area contributed by atoms with Crippen molar-refractivity contribution in [2.75, 3.05) is 20.3 Å². The fraction of sp³-hybridized carbons (Fsp3) is 0.385. The Morgan fingerprint density at radius 2 is 2.26 bits per heavy atom. The van der Waals surface area contributed by atoms with Gasteiger partial charge in [0.15, 0.2) is 5.58 Å². The van der Waals surface area contributed by atoms with Crippen LogP contribution in [0.25, 0.3) is 11.1 Å². The topological polar surface area (TPSA) is 81.5 Å². The summed E-state index contributed by atoms with van der Waals surface area (Å²) in [5.41, 5.74) is 1.43. The predicted octanol–water partition coefficient (Wildman–Crippen LogP) is 0.853. The van der Waals surface area contributed by atoms with Crippen LogP contribution in [0.1, 0.15) is 5.56 Å². The first-order valence-corrected chi connectivity index (χ1v) is 5.91. The largest absolute Gasteiger partial charge is 0.468 e. The first-order valence-electron chi connectivity index (χ1n) is 5.91. The summed E-state index contributed by atoms with van der Waals surface area (Å²) in [6.07, 6.45) is 0.504. The van der Waals surface area contributed by atoms with Gasteiger partial charge in [-0.1, -0.05) is 6.07 Å². The second-order valence-electron chi connectivity index (χ2n) is 4.79. The van der Waals surface area contributed by atoms with Gasteiger partial charge in [0, 0.05) is 0 Å². The molecule has 1 N–H and O–H groups in total. The molecule has 0 bridgehead atoms. The second-order valence-corrected chi connectivity index (χ2v) is 4.79. The number of oxazole rings is 1. The fourth-order valence-corrected chi connectivity index (χ4v) is 2.35. The Hall–Kier alpha value is -2.08. The van der Waals surface area contributed by atoms with E-state index in [2.05, 4.69) is 4.98 Å². The van der Waals surface area contributed by atoms with Crippen molar-refractivity contribution in [2.45, 2.75) is 6.42 Å². The monoisotopic (exact) mass is 263 g/mol. The Morgan fingerprint density at radius 1 is 1.47 bits per heavy atom. The highest BCUT2D eigenvalue weighted by Crippen LogP contribution is 2.33. The van der Waals surface area contributed by atoms with E-state index in [0.29, 0.717) is 30.7 Å². The van der Waals surface area contributed by atoms with Crippen LogP contribution in [-0.2, 0) is 20.7 Å². The van der Waals surface area contributed by atoms with Crippen molar-refractivity contribution in [3.8, 4) is 0 Å². The molecule has 6 nitrogen and oxygen atoms in total. The number of aromatic amines is 1. The maximum Gasteiger partial charge on any atom is 0.417 e. The van der Waals surface area contributed by atoms with Crippen LogP contribution in [0.4, 0.5) is 0 Å². The molecule has 100 valence electrons. The van der Waals surface area contributed by atoms with Crippen LogP contribution in [-0.4, -0.2) is 31.3 Å². The highest BCUT2D eigenvalue weighted by molar-refractivity contribution is 5.79. The SMILES string of the molecule is COC(=O)C1(Cc2ccc3[nH]c(=O)oc3c2)COC1. The molecule has 0 spiro atoms. The maximum atomic E-state index is 11.8. The molecule has 19 heavy (non-hydrogen) atoms. The summed E-state index contributed by atoms with van der Waals surface area (Å²) in [5.74, 6) is -0.754. The van der Waals surface area contributed by atoms with Crippen molar-refractivity contribution in [1.29, 1.82) is 0 Å². The number of nitrogens with one attached hydrogen (secondary N) is 1. The van der Waals surface area contributed by atoms with Crippen molar-refractivity contribution in [1.82, 2.24) is 4.98 Å². The molecule has 1 aromatic heterocycles. The lowest BCUT2D eigenvalue weighted by molar-refractivity contribution is -0.182. The minimum atomic E-state index is -0.612. The van der Waals surface area contributed by atoms with E-state index in [1.807, 2.05) is 6.07 Å². The minimum Gasteiger partial charge on any atom is -0.468 e. The summed E-state index contributed by atoms with van der Waals surface area (Å²) >= 11 is 0. The summed E-state index contributed by atoms with van der Waals surface area (Å²) in [7, 11) is 1.37. The quantitative estimate of drug-likeness (QED) is 0.830. The first-order chi connectivity index (χ1) is 9.13. The summed E-state index contributed by atoms with van der Waals surface area (Å²) < 4.78 is 15.0. The zero-order chi connectivity index (χ0) is 13.5. The molecular weight excluding hydrogens is 250 g/mol. The van der Waals surface area contributed by atoms with Gasteiger partial charge < -0.3 is 13.9 Å². The molecule has 0 aliphatic carbocycles. The van der Waals surface area contributed by atoms with Gasteiger partial charge in [-0.05, 0) is 24.1 Å². The second kappa shape index (κ2) is 4.24. The summed E-state index contributed by atoms with van der Waals surface area (Å²) in [4.78, 5) is 25.5. The lowest BCUT2D eigenvalue weighted by atomic mass is 9.80. The number of benzene rings is 1. The van der Waals surface area contributed by atoms with Gasteiger partial charge >= 0.3 is 11.7 Å². The third-order valence-electron chi connectivity index (χ3n) is 3.40. The molecule has 1 aliphatic rings. The van der Waals surface area contributed by atoms with Crippen LogP contribution in [0.3, 0.4) is 0 Å². The molecule has 0 atom stereocenters. The molecule has 1 aromatic carbocycles. The highest BCUT2D eigenvalue weighted by Gasteiger charge is 2.47. The van der Waals surface area contributed by atoms with Crippen molar-refractivity contribution < 1.29 is 18.7 Å². The standard InChI is InChI=1S/C13H13NO5/c1-17-11(15)13(6-18-7-13)5-8-2-3-9-10(4-8)19-12(16)14-9/h2-4H,5-7H2,1H3,(H,14,16). The number of methoxy groups -OCH3 is 1. The molecule has 1 aliphatic heterocycles. The smallest absolute Gasteiger partial charge is 0.417 e. The van der Waals surface area contributed by atoms with E-state index in [0.717, 1.165) is 5.56 Å². The maximum absolute atomic E-state index is 11.8. The average molecular weight is 263 g/mol. The number of hydrogen-bond acceptors (Lipinski definition) is 5. The molecular formula is C13H13NO5. The van der Waals surface area contributed by atoms with Crippen LogP contribution >= 0.6 is 0 Å². The van der Waals surface area contributed by atoms with Crippen molar-refractivity contribution in [3.63, 3.8) is 0 Å². The van der Waals surface area contributed by atoms with Crippen LogP contribution in [0, 0.1) is 5.41 Å². The van der Waals surface area contributed by atoms with Crippen molar-refractivity contribution in [2.24, 2.45) is 5.41 Å². The van der Waals surface area contributed by atoms with Crippen LogP contribution in [0.5, 0.6) is 0 Å². The third-order valence-corrected chi connectivity index (χ3v) is 3.40. The van der Waals surface area contributed by atoms with E-state index in [-0.39, 0.29) is 5.97 Å².